The third kappa shape index (κ3) is 3.49. The highest BCUT2D eigenvalue weighted by molar-refractivity contribution is 4.81. The molecule has 0 amide bonds. The van der Waals surface area contributed by atoms with Crippen molar-refractivity contribution in [3.8, 4) is 0 Å². The van der Waals surface area contributed by atoms with Crippen LogP contribution in [0.15, 0.2) is 0 Å². The second-order valence-corrected chi connectivity index (χ2v) is 2.76. The van der Waals surface area contributed by atoms with Crippen LogP contribution in [-0.4, -0.2) is 72.2 Å². The number of methoxy groups -OCH3 is 2. The van der Waals surface area contributed by atoms with Crippen molar-refractivity contribution >= 4 is 0 Å². The van der Waals surface area contributed by atoms with Gasteiger partial charge in [0.25, 0.3) is 0 Å². The molecular formula is C8H18O6. The molecule has 0 aliphatic rings. The number of ether oxygens (including phenoxy) is 2. The van der Waals surface area contributed by atoms with Crippen LogP contribution in [0.2, 0.25) is 0 Å². The summed E-state index contributed by atoms with van der Waals surface area (Å²) in [6.45, 7) is -1.15. The molecule has 0 saturated heterocycles. The fraction of sp³-hybridized carbons (Fsp3) is 1.00. The maximum atomic E-state index is 9.57. The van der Waals surface area contributed by atoms with E-state index < -0.39 is 51.8 Å². The largest absolute Gasteiger partial charge is 0.394 e. The average molecular weight is 212 g/mol. The fourth-order valence-electron chi connectivity index (χ4n) is 0.958. The van der Waals surface area contributed by atoms with E-state index in [0.717, 1.165) is 0 Å². The highest BCUT2D eigenvalue weighted by Gasteiger charge is 2.31. The molecule has 0 saturated carbocycles. The minimum atomic E-state index is -1.50. The first kappa shape index (κ1) is 10.3. The Morgan fingerprint density at radius 1 is 1.00 bits per heavy atom. The number of rotatable bonds is 7. The summed E-state index contributed by atoms with van der Waals surface area (Å²) >= 11 is 0. The summed E-state index contributed by atoms with van der Waals surface area (Å²) in [5.41, 5.74) is 0. The third-order valence-corrected chi connectivity index (χ3v) is 1.90. The zero-order chi connectivity index (χ0) is 12.6. The Labute approximate surface area is 85.5 Å². The highest BCUT2D eigenvalue weighted by Crippen LogP contribution is 2.09. The van der Waals surface area contributed by atoms with Crippen molar-refractivity contribution in [2.45, 2.75) is 24.4 Å². The summed E-state index contributed by atoms with van der Waals surface area (Å²) in [5.74, 6) is 0. The summed E-state index contributed by atoms with van der Waals surface area (Å²) in [5, 5.41) is 36.8. The van der Waals surface area contributed by atoms with Crippen LogP contribution in [0.4, 0.5) is 0 Å². The Hall–Kier alpha value is -0.240. The lowest BCUT2D eigenvalue weighted by Crippen LogP contribution is -2.48. The maximum absolute atomic E-state index is 9.57. The smallest absolute Gasteiger partial charge is 0.111 e. The molecule has 0 aliphatic carbocycles. The number of hydrogen-bond acceptors (Lipinski definition) is 6. The molecule has 0 aromatic carbocycles. The molecule has 6 heteroatoms. The van der Waals surface area contributed by atoms with Gasteiger partial charge in [-0.15, -0.1) is 0 Å². The van der Waals surface area contributed by atoms with Gasteiger partial charge in [0.15, 0.2) is 0 Å². The van der Waals surface area contributed by atoms with Crippen LogP contribution in [0.25, 0.3) is 0 Å². The Kier molecular flexibility index (Phi) is 5.22. The van der Waals surface area contributed by atoms with Crippen LogP contribution in [0.5, 0.6) is 0 Å². The van der Waals surface area contributed by atoms with Crippen LogP contribution >= 0.6 is 0 Å². The van der Waals surface area contributed by atoms with Gasteiger partial charge in [0.2, 0.25) is 0 Å². The molecular weight excluding hydrogens is 192 g/mol. The van der Waals surface area contributed by atoms with Crippen molar-refractivity contribution in [1.29, 1.82) is 0 Å². The molecule has 6 nitrogen and oxygen atoms in total. The normalized spacial score (nSPS) is 22.0. The number of aliphatic hydroxyl groups excluding tert-OH is 4. The van der Waals surface area contributed by atoms with Crippen LogP contribution < -0.4 is 0 Å². The first-order valence-corrected chi connectivity index (χ1v) is 4.01. The van der Waals surface area contributed by atoms with Gasteiger partial charge in [-0.05, 0) is 0 Å². The van der Waals surface area contributed by atoms with Gasteiger partial charge < -0.3 is 29.9 Å². The van der Waals surface area contributed by atoms with Crippen LogP contribution in [-0.2, 0) is 9.47 Å². The van der Waals surface area contributed by atoms with Gasteiger partial charge in [-0.3, -0.25) is 0 Å². The molecule has 0 aromatic heterocycles. The van der Waals surface area contributed by atoms with Crippen molar-refractivity contribution in [1.82, 2.24) is 0 Å². The fourth-order valence-corrected chi connectivity index (χ4v) is 0.958. The first-order chi connectivity index (χ1) is 7.62. The molecule has 0 spiro atoms. The van der Waals surface area contributed by atoms with E-state index in [1.807, 2.05) is 0 Å². The Morgan fingerprint density at radius 2 is 1.36 bits per heavy atom. The van der Waals surface area contributed by atoms with Gasteiger partial charge in [0.1, 0.15) is 24.4 Å². The molecule has 4 N–H and O–H groups in total. The van der Waals surface area contributed by atoms with Crippen molar-refractivity contribution in [3.63, 3.8) is 0 Å². The van der Waals surface area contributed by atoms with Gasteiger partial charge in [-0.2, -0.15) is 0 Å². The van der Waals surface area contributed by atoms with Crippen LogP contribution in [0.3, 0.4) is 0 Å². The predicted octanol–water partition coefficient (Wildman–Crippen LogP) is -2.28. The molecule has 0 aliphatic heterocycles. The lowest BCUT2D eigenvalue weighted by atomic mass is 10.0. The predicted molar refractivity (Wildman–Crippen MR) is 47.8 cm³/mol. The topological polar surface area (TPSA) is 99.4 Å². The molecule has 0 unspecified atom stereocenters. The summed E-state index contributed by atoms with van der Waals surface area (Å²) in [6.07, 6.45) is -5.26. The van der Waals surface area contributed by atoms with Crippen molar-refractivity contribution < 1.29 is 32.6 Å². The first-order valence-electron chi connectivity index (χ1n) is 5.43. The zero-order valence-corrected chi connectivity index (χ0v) is 7.74. The molecule has 0 aromatic rings. The van der Waals surface area contributed by atoms with E-state index >= 15 is 0 Å². The second kappa shape index (κ2) is 7.10. The molecule has 0 heterocycles. The average Bonchev–Trinajstić information content (AvgIpc) is 2.31. The summed E-state index contributed by atoms with van der Waals surface area (Å²) in [6, 6.07) is 0. The minimum Gasteiger partial charge on any atom is -0.394 e. The van der Waals surface area contributed by atoms with E-state index in [1.54, 1.807) is 0 Å². The third-order valence-electron chi connectivity index (χ3n) is 1.90. The van der Waals surface area contributed by atoms with E-state index in [9.17, 15) is 10.2 Å². The molecule has 0 radical (unpaired) electrons. The maximum Gasteiger partial charge on any atom is 0.111 e. The lowest BCUT2D eigenvalue weighted by Gasteiger charge is -2.28. The SMILES string of the molecule is [2H]CO[C@@H](CO)[C@@H](O)[C@H](O)[C@@H](CO)OC[2H]. The lowest BCUT2D eigenvalue weighted by molar-refractivity contribution is -0.140. The monoisotopic (exact) mass is 212 g/mol. The van der Waals surface area contributed by atoms with Crippen LogP contribution in [0, 0.1) is 0 Å². The second-order valence-electron chi connectivity index (χ2n) is 2.76. The van der Waals surface area contributed by atoms with Gasteiger partial charge in [-0.1, -0.05) is 0 Å². The molecule has 0 bridgehead atoms. The summed E-state index contributed by atoms with van der Waals surface area (Å²) in [4.78, 5) is 0. The van der Waals surface area contributed by atoms with E-state index in [2.05, 4.69) is 9.47 Å². The summed E-state index contributed by atoms with van der Waals surface area (Å²) < 4.78 is 22.9. The van der Waals surface area contributed by atoms with E-state index in [-0.39, 0.29) is 0 Å². The molecule has 14 heavy (non-hydrogen) atoms. The van der Waals surface area contributed by atoms with Gasteiger partial charge in [0, 0.05) is 14.2 Å². The number of hydrogen-bond donors (Lipinski definition) is 4. The summed E-state index contributed by atoms with van der Waals surface area (Å²) in [7, 11) is -0.948. The van der Waals surface area contributed by atoms with E-state index in [0.29, 0.717) is 0 Å². The van der Waals surface area contributed by atoms with Crippen LogP contribution in [0.1, 0.15) is 2.74 Å². The van der Waals surface area contributed by atoms with Gasteiger partial charge in [-0.25, -0.2) is 0 Å². The number of aliphatic hydroxyl groups is 4. The van der Waals surface area contributed by atoms with Crippen molar-refractivity contribution in [3.05, 3.63) is 0 Å². The van der Waals surface area contributed by atoms with Crippen molar-refractivity contribution in [2.75, 3.05) is 27.4 Å². The Morgan fingerprint density at radius 3 is 1.57 bits per heavy atom. The highest BCUT2D eigenvalue weighted by atomic mass is 16.5. The zero-order valence-electron chi connectivity index (χ0n) is 9.74. The molecule has 4 atom stereocenters. The molecule has 86 valence electrons. The molecule has 0 rings (SSSR count). The minimum absolute atomic E-state index is 0.474. The van der Waals surface area contributed by atoms with Gasteiger partial charge in [0.05, 0.1) is 16.0 Å². The molecule has 0 fully saturated rings. The Bertz CT molecular complexity index is 155. The Balaban J connectivity index is 4.35. The van der Waals surface area contributed by atoms with E-state index in [4.69, 9.17) is 13.0 Å². The quantitative estimate of drug-likeness (QED) is 0.379. The van der Waals surface area contributed by atoms with E-state index in [1.165, 1.54) is 0 Å². The van der Waals surface area contributed by atoms with Gasteiger partial charge >= 0.3 is 0 Å². The van der Waals surface area contributed by atoms with Crippen molar-refractivity contribution in [2.24, 2.45) is 0 Å². The standard InChI is InChI=1S/C8H18O6/c1-13-5(3-9)7(11)8(12)6(4-10)14-2/h5-12H,3-4H2,1-2H3/t5-,6+,7-,8-/m1/s1/i1D,2D.